The number of halogens is 1. The number of nitrogens with one attached hydrogen (secondary N) is 1. The molecule has 0 saturated carbocycles. The fourth-order valence-electron chi connectivity index (χ4n) is 4.10. The van der Waals surface area contributed by atoms with Gasteiger partial charge in [-0.2, -0.15) is 4.98 Å². The molecule has 1 amide bonds. The molecule has 3 aromatic heterocycles. The topological polar surface area (TPSA) is 99.2 Å². The third-order valence-corrected chi connectivity index (χ3v) is 6.17. The van der Waals surface area contributed by atoms with E-state index in [0.29, 0.717) is 34.1 Å². The van der Waals surface area contributed by atoms with Gasteiger partial charge in [0.05, 0.1) is 12.7 Å². The molecule has 8 nitrogen and oxygen atoms in total. The number of anilines is 1. The van der Waals surface area contributed by atoms with Gasteiger partial charge in [-0.25, -0.2) is 0 Å². The molecule has 0 aliphatic heterocycles. The number of aromatic nitrogens is 3. The van der Waals surface area contributed by atoms with Crippen LogP contribution in [0.4, 0.5) is 6.01 Å². The molecule has 2 aromatic carbocycles. The average molecular weight is 501 g/mol. The summed E-state index contributed by atoms with van der Waals surface area (Å²) in [6.07, 6.45) is 4.66. The van der Waals surface area contributed by atoms with Crippen molar-refractivity contribution in [3.63, 3.8) is 0 Å². The normalized spacial score (nSPS) is 11.0. The summed E-state index contributed by atoms with van der Waals surface area (Å²) in [6, 6.07) is 16.4. The van der Waals surface area contributed by atoms with E-state index in [9.17, 15) is 9.59 Å². The molecule has 0 unspecified atom stereocenters. The lowest BCUT2D eigenvalue weighted by Crippen LogP contribution is -2.23. The number of rotatable bonds is 7. The van der Waals surface area contributed by atoms with Gasteiger partial charge in [-0.05, 0) is 55.0 Å². The van der Waals surface area contributed by atoms with E-state index in [1.54, 1.807) is 37.7 Å². The molecule has 1 N–H and O–H groups in total. The van der Waals surface area contributed by atoms with E-state index >= 15 is 0 Å². The highest BCUT2D eigenvalue weighted by molar-refractivity contribution is 6.48. The third-order valence-electron chi connectivity index (χ3n) is 5.92. The van der Waals surface area contributed by atoms with Gasteiger partial charge < -0.3 is 13.7 Å². The van der Waals surface area contributed by atoms with Gasteiger partial charge in [-0.1, -0.05) is 23.7 Å². The standard InChI is InChI=1S/C27H21ClN4O4/c1-16-24(25(33)26(34)31-27-30-22(15-36-27)18-9-11-29-12-10-18)21-13-20(35-2)7-8-23(21)32(16)14-17-3-5-19(28)6-4-17/h3-13,15H,14H2,1-2H3,(H,30,31,34). The lowest BCUT2D eigenvalue weighted by Gasteiger charge is -2.09. The summed E-state index contributed by atoms with van der Waals surface area (Å²) in [5.74, 6) is -0.978. The highest BCUT2D eigenvalue weighted by Crippen LogP contribution is 2.31. The second-order valence-corrected chi connectivity index (χ2v) is 8.55. The van der Waals surface area contributed by atoms with Gasteiger partial charge in [0.1, 0.15) is 17.7 Å². The second kappa shape index (κ2) is 9.67. The number of hydrogen-bond acceptors (Lipinski definition) is 6. The molecule has 0 saturated heterocycles. The number of pyridine rings is 1. The van der Waals surface area contributed by atoms with Crippen molar-refractivity contribution in [1.29, 1.82) is 0 Å². The summed E-state index contributed by atoms with van der Waals surface area (Å²) in [5.41, 5.74) is 4.03. The van der Waals surface area contributed by atoms with Crippen LogP contribution in [0.25, 0.3) is 22.2 Å². The Labute approximate surface area is 211 Å². The smallest absolute Gasteiger partial charge is 0.302 e. The maximum absolute atomic E-state index is 13.4. The minimum Gasteiger partial charge on any atom is -0.497 e. The number of ether oxygens (including phenoxy) is 1. The lowest BCUT2D eigenvalue weighted by molar-refractivity contribution is -0.112. The Hall–Kier alpha value is -4.43. The molecule has 36 heavy (non-hydrogen) atoms. The molecule has 0 aliphatic rings. The second-order valence-electron chi connectivity index (χ2n) is 8.11. The summed E-state index contributed by atoms with van der Waals surface area (Å²) in [7, 11) is 1.55. The minimum absolute atomic E-state index is 0.0692. The maximum Gasteiger partial charge on any atom is 0.302 e. The molecular weight excluding hydrogens is 480 g/mol. The number of oxazole rings is 1. The van der Waals surface area contributed by atoms with Crippen molar-refractivity contribution in [2.75, 3.05) is 12.4 Å². The third kappa shape index (κ3) is 4.46. The van der Waals surface area contributed by atoms with Crippen molar-refractivity contribution in [3.05, 3.63) is 95.1 Å². The van der Waals surface area contributed by atoms with Crippen LogP contribution in [0, 0.1) is 6.92 Å². The molecule has 0 fully saturated rings. The number of fused-ring (bicyclic) bond motifs is 1. The zero-order valence-electron chi connectivity index (χ0n) is 19.5. The van der Waals surface area contributed by atoms with Gasteiger partial charge in [0, 0.05) is 46.1 Å². The summed E-state index contributed by atoms with van der Waals surface area (Å²) < 4.78 is 12.7. The fraction of sp³-hybridized carbons (Fsp3) is 0.111. The molecule has 0 bridgehead atoms. The van der Waals surface area contributed by atoms with Gasteiger partial charge in [0.15, 0.2) is 0 Å². The molecule has 0 atom stereocenters. The van der Waals surface area contributed by atoms with E-state index in [2.05, 4.69) is 15.3 Å². The van der Waals surface area contributed by atoms with E-state index in [-0.39, 0.29) is 11.6 Å². The Morgan fingerprint density at radius 3 is 2.56 bits per heavy atom. The maximum atomic E-state index is 13.4. The summed E-state index contributed by atoms with van der Waals surface area (Å²) in [6.45, 7) is 2.31. The van der Waals surface area contributed by atoms with E-state index in [1.807, 2.05) is 47.9 Å². The highest BCUT2D eigenvalue weighted by atomic mass is 35.5. The molecule has 0 aliphatic carbocycles. The average Bonchev–Trinajstić information content (AvgIpc) is 3.47. The first-order chi connectivity index (χ1) is 17.4. The van der Waals surface area contributed by atoms with E-state index in [4.69, 9.17) is 20.8 Å². The number of nitrogens with zero attached hydrogens (tertiary/aromatic N) is 3. The predicted molar refractivity (Wildman–Crippen MR) is 136 cm³/mol. The van der Waals surface area contributed by atoms with Crippen molar-refractivity contribution < 1.29 is 18.7 Å². The van der Waals surface area contributed by atoms with Crippen LogP contribution in [0.5, 0.6) is 5.75 Å². The quantitative estimate of drug-likeness (QED) is 0.233. The Balaban J connectivity index is 1.48. The predicted octanol–water partition coefficient (Wildman–Crippen LogP) is 5.53. The van der Waals surface area contributed by atoms with Gasteiger partial charge in [0.25, 0.3) is 11.7 Å². The monoisotopic (exact) mass is 500 g/mol. The van der Waals surface area contributed by atoms with Crippen LogP contribution in [-0.4, -0.2) is 33.3 Å². The Kier molecular flexibility index (Phi) is 6.26. The molecule has 0 spiro atoms. The van der Waals surface area contributed by atoms with Gasteiger partial charge in [-0.3, -0.25) is 19.9 Å². The number of carbonyl (C=O) groups excluding carboxylic acids is 2. The van der Waals surface area contributed by atoms with Crippen LogP contribution in [0.15, 0.2) is 77.7 Å². The van der Waals surface area contributed by atoms with Gasteiger partial charge in [-0.15, -0.1) is 0 Å². The number of benzene rings is 2. The summed E-state index contributed by atoms with van der Waals surface area (Å²) in [4.78, 5) is 34.6. The SMILES string of the molecule is COc1ccc2c(c1)c(C(=O)C(=O)Nc1nc(-c3ccncc3)co1)c(C)n2Cc1ccc(Cl)cc1. The van der Waals surface area contributed by atoms with Crippen LogP contribution >= 0.6 is 11.6 Å². The van der Waals surface area contributed by atoms with Crippen LogP contribution in [-0.2, 0) is 11.3 Å². The van der Waals surface area contributed by atoms with Crippen LogP contribution in [0.1, 0.15) is 21.6 Å². The minimum atomic E-state index is -0.852. The van der Waals surface area contributed by atoms with Crippen LogP contribution in [0.2, 0.25) is 5.02 Å². The number of Topliss-reactive ketones (excluding diaryl/α,β-unsaturated/α-hetero) is 1. The molecule has 180 valence electrons. The molecule has 9 heteroatoms. The van der Waals surface area contributed by atoms with Gasteiger partial charge >= 0.3 is 6.01 Å². The van der Waals surface area contributed by atoms with E-state index < -0.39 is 11.7 Å². The van der Waals surface area contributed by atoms with Crippen molar-refractivity contribution in [3.8, 4) is 17.0 Å². The lowest BCUT2D eigenvalue weighted by atomic mass is 10.1. The Morgan fingerprint density at radius 1 is 1.08 bits per heavy atom. The van der Waals surface area contributed by atoms with Crippen molar-refractivity contribution in [2.24, 2.45) is 0 Å². The molecule has 5 aromatic rings. The Morgan fingerprint density at radius 2 is 1.83 bits per heavy atom. The number of ketones is 1. The first kappa shape index (κ1) is 23.3. The van der Waals surface area contributed by atoms with Crippen LogP contribution in [0.3, 0.4) is 0 Å². The zero-order valence-corrected chi connectivity index (χ0v) is 20.2. The first-order valence-corrected chi connectivity index (χ1v) is 11.5. The number of amides is 1. The van der Waals surface area contributed by atoms with Crippen molar-refractivity contribution in [2.45, 2.75) is 13.5 Å². The Bertz CT molecular complexity index is 1570. The van der Waals surface area contributed by atoms with Crippen molar-refractivity contribution in [1.82, 2.24) is 14.5 Å². The first-order valence-electron chi connectivity index (χ1n) is 11.1. The number of methoxy groups -OCH3 is 1. The van der Waals surface area contributed by atoms with Crippen LogP contribution < -0.4 is 10.1 Å². The molecule has 0 radical (unpaired) electrons. The van der Waals surface area contributed by atoms with Gasteiger partial charge in [0.2, 0.25) is 0 Å². The number of carbonyl (C=O) groups is 2. The van der Waals surface area contributed by atoms with E-state index in [0.717, 1.165) is 16.6 Å². The zero-order chi connectivity index (χ0) is 25.2. The van der Waals surface area contributed by atoms with Crippen molar-refractivity contribution >= 4 is 40.2 Å². The number of hydrogen-bond donors (Lipinski definition) is 1. The molecule has 3 heterocycles. The molecule has 5 rings (SSSR count). The molecular formula is C27H21ClN4O4. The summed E-state index contributed by atoms with van der Waals surface area (Å²) >= 11 is 6.03. The largest absolute Gasteiger partial charge is 0.497 e. The highest BCUT2D eigenvalue weighted by Gasteiger charge is 2.27. The summed E-state index contributed by atoms with van der Waals surface area (Å²) in [5, 5.41) is 3.74. The fourth-order valence-corrected chi connectivity index (χ4v) is 4.23. The van der Waals surface area contributed by atoms with E-state index in [1.165, 1.54) is 6.26 Å².